The lowest BCUT2D eigenvalue weighted by molar-refractivity contribution is -0.385. The number of nitrogens with one attached hydrogen (secondary N) is 1. The summed E-state index contributed by atoms with van der Waals surface area (Å²) < 4.78 is 0. The van der Waals surface area contributed by atoms with E-state index in [2.05, 4.69) is 5.32 Å². The van der Waals surface area contributed by atoms with E-state index in [-0.39, 0.29) is 24.2 Å². The van der Waals surface area contributed by atoms with Gasteiger partial charge < -0.3 is 10.2 Å². The van der Waals surface area contributed by atoms with E-state index in [1.807, 2.05) is 0 Å². The SMILES string of the molecule is CN(Cc1ccccc1[N+](=O)[O-])C(=O)C1CSCCN1. The molecule has 6 nitrogen and oxygen atoms in total. The lowest BCUT2D eigenvalue weighted by Gasteiger charge is -2.27. The van der Waals surface area contributed by atoms with E-state index in [1.165, 1.54) is 6.07 Å². The van der Waals surface area contributed by atoms with Gasteiger partial charge in [0.1, 0.15) is 0 Å². The third kappa shape index (κ3) is 3.49. The number of para-hydroxylation sites is 1. The third-order valence-electron chi connectivity index (χ3n) is 3.19. The number of thioether (sulfide) groups is 1. The molecule has 1 aromatic rings. The predicted molar refractivity (Wildman–Crippen MR) is 78.7 cm³/mol. The Bertz CT molecular complexity index is 503. The molecule has 0 spiro atoms. The lowest BCUT2D eigenvalue weighted by atomic mass is 10.1. The number of amides is 1. The van der Waals surface area contributed by atoms with Crippen LogP contribution in [0.15, 0.2) is 24.3 Å². The zero-order valence-corrected chi connectivity index (χ0v) is 12.1. The Morgan fingerprint density at radius 1 is 1.55 bits per heavy atom. The fraction of sp³-hybridized carbons (Fsp3) is 0.462. The highest BCUT2D eigenvalue weighted by Crippen LogP contribution is 2.19. The minimum atomic E-state index is -0.414. The minimum Gasteiger partial charge on any atom is -0.340 e. The largest absolute Gasteiger partial charge is 0.340 e. The molecule has 0 aliphatic carbocycles. The first-order chi connectivity index (χ1) is 9.59. The summed E-state index contributed by atoms with van der Waals surface area (Å²) in [6.07, 6.45) is 0. The Labute approximate surface area is 121 Å². The molecule has 1 aliphatic rings. The summed E-state index contributed by atoms with van der Waals surface area (Å²) in [4.78, 5) is 24.4. The monoisotopic (exact) mass is 295 g/mol. The van der Waals surface area contributed by atoms with Gasteiger partial charge in [0.05, 0.1) is 17.5 Å². The molecule has 0 bridgehead atoms. The highest BCUT2D eigenvalue weighted by molar-refractivity contribution is 7.99. The third-order valence-corrected chi connectivity index (χ3v) is 4.25. The number of benzene rings is 1. The van der Waals surface area contributed by atoms with Crippen LogP contribution in [0.5, 0.6) is 0 Å². The first-order valence-corrected chi connectivity index (χ1v) is 7.53. The van der Waals surface area contributed by atoms with Crippen LogP contribution in [0, 0.1) is 10.1 Å². The first-order valence-electron chi connectivity index (χ1n) is 6.38. The van der Waals surface area contributed by atoms with Gasteiger partial charge >= 0.3 is 0 Å². The Morgan fingerprint density at radius 3 is 2.95 bits per heavy atom. The zero-order valence-electron chi connectivity index (χ0n) is 11.2. The number of likely N-dealkylation sites (N-methyl/N-ethyl adjacent to an activating group) is 1. The summed E-state index contributed by atoms with van der Waals surface area (Å²) in [5.41, 5.74) is 0.606. The van der Waals surface area contributed by atoms with Crippen molar-refractivity contribution in [3.05, 3.63) is 39.9 Å². The van der Waals surface area contributed by atoms with Crippen LogP contribution in [-0.2, 0) is 11.3 Å². The van der Waals surface area contributed by atoms with E-state index in [4.69, 9.17) is 0 Å². The first kappa shape index (κ1) is 14.8. The number of nitrogens with zero attached hydrogens (tertiary/aromatic N) is 2. The predicted octanol–water partition coefficient (Wildman–Crippen LogP) is 1.26. The Hall–Kier alpha value is -1.60. The summed E-state index contributed by atoms with van der Waals surface area (Å²) in [5.74, 6) is 1.74. The molecule has 108 valence electrons. The van der Waals surface area contributed by atoms with Gasteiger partial charge in [0.25, 0.3) is 5.69 Å². The molecule has 0 radical (unpaired) electrons. The van der Waals surface area contributed by atoms with E-state index in [1.54, 1.807) is 41.9 Å². The molecule has 0 saturated carbocycles. The fourth-order valence-electron chi connectivity index (χ4n) is 2.15. The smallest absolute Gasteiger partial charge is 0.274 e. The number of carbonyl (C=O) groups is 1. The molecule has 1 unspecified atom stereocenters. The van der Waals surface area contributed by atoms with Crippen molar-refractivity contribution in [1.82, 2.24) is 10.2 Å². The van der Waals surface area contributed by atoms with Crippen molar-refractivity contribution in [3.63, 3.8) is 0 Å². The Morgan fingerprint density at radius 2 is 2.30 bits per heavy atom. The molecule has 1 amide bonds. The molecule has 1 N–H and O–H groups in total. The second-order valence-electron chi connectivity index (χ2n) is 4.66. The van der Waals surface area contributed by atoms with E-state index in [0.29, 0.717) is 5.56 Å². The quantitative estimate of drug-likeness (QED) is 0.668. The summed E-state index contributed by atoms with van der Waals surface area (Å²) in [6, 6.07) is 6.33. The molecule has 20 heavy (non-hydrogen) atoms. The van der Waals surface area contributed by atoms with Crippen molar-refractivity contribution in [2.45, 2.75) is 12.6 Å². The van der Waals surface area contributed by atoms with Crippen molar-refractivity contribution in [2.75, 3.05) is 25.1 Å². The summed E-state index contributed by atoms with van der Waals surface area (Å²) in [7, 11) is 1.68. The number of nitro benzene ring substituents is 1. The molecular weight excluding hydrogens is 278 g/mol. The number of hydrogen-bond donors (Lipinski definition) is 1. The van der Waals surface area contributed by atoms with E-state index in [9.17, 15) is 14.9 Å². The fourth-order valence-corrected chi connectivity index (χ4v) is 3.07. The molecule has 1 aromatic carbocycles. The highest BCUT2D eigenvalue weighted by atomic mass is 32.2. The molecule has 2 rings (SSSR count). The highest BCUT2D eigenvalue weighted by Gasteiger charge is 2.25. The maximum Gasteiger partial charge on any atom is 0.274 e. The number of rotatable bonds is 4. The lowest BCUT2D eigenvalue weighted by Crippen LogP contribution is -2.49. The standard InChI is InChI=1S/C13H17N3O3S/c1-15(13(17)11-9-20-7-6-14-11)8-10-4-2-3-5-12(10)16(18)19/h2-5,11,14H,6-9H2,1H3. The average molecular weight is 295 g/mol. The van der Waals surface area contributed by atoms with Gasteiger partial charge in [-0.3, -0.25) is 14.9 Å². The maximum atomic E-state index is 12.3. The number of nitro groups is 1. The minimum absolute atomic E-state index is 0.0182. The normalized spacial score (nSPS) is 18.6. The summed E-state index contributed by atoms with van der Waals surface area (Å²) in [6.45, 7) is 1.07. The second kappa shape index (κ2) is 6.71. The number of carbonyl (C=O) groups excluding carboxylic acids is 1. The molecule has 1 aliphatic heterocycles. The van der Waals surface area contributed by atoms with Gasteiger partial charge in [-0.1, -0.05) is 18.2 Å². The van der Waals surface area contributed by atoms with Crippen molar-refractivity contribution < 1.29 is 9.72 Å². The van der Waals surface area contributed by atoms with Gasteiger partial charge in [-0.05, 0) is 0 Å². The van der Waals surface area contributed by atoms with Crippen LogP contribution in [0.4, 0.5) is 5.69 Å². The second-order valence-corrected chi connectivity index (χ2v) is 5.81. The van der Waals surface area contributed by atoms with Crippen LogP contribution in [0.1, 0.15) is 5.56 Å². The van der Waals surface area contributed by atoms with Crippen molar-refractivity contribution in [3.8, 4) is 0 Å². The molecule has 1 atom stereocenters. The molecular formula is C13H17N3O3S. The van der Waals surface area contributed by atoms with E-state index < -0.39 is 4.92 Å². The van der Waals surface area contributed by atoms with Crippen LogP contribution < -0.4 is 5.32 Å². The van der Waals surface area contributed by atoms with E-state index in [0.717, 1.165) is 18.1 Å². The maximum absolute atomic E-state index is 12.3. The Balaban J connectivity index is 2.05. The topological polar surface area (TPSA) is 75.5 Å². The van der Waals surface area contributed by atoms with Crippen molar-refractivity contribution in [2.24, 2.45) is 0 Å². The van der Waals surface area contributed by atoms with E-state index >= 15 is 0 Å². The van der Waals surface area contributed by atoms with Gasteiger partial charge in [-0.2, -0.15) is 11.8 Å². The molecule has 1 heterocycles. The molecule has 1 fully saturated rings. The average Bonchev–Trinajstić information content (AvgIpc) is 2.47. The van der Waals surface area contributed by atoms with Crippen LogP contribution in [0.25, 0.3) is 0 Å². The van der Waals surface area contributed by atoms with Crippen LogP contribution in [-0.4, -0.2) is 46.9 Å². The van der Waals surface area contributed by atoms with Crippen LogP contribution >= 0.6 is 11.8 Å². The molecule has 1 saturated heterocycles. The van der Waals surface area contributed by atoms with Gasteiger partial charge in [0.2, 0.25) is 5.91 Å². The van der Waals surface area contributed by atoms with Gasteiger partial charge in [-0.15, -0.1) is 0 Å². The van der Waals surface area contributed by atoms with Crippen LogP contribution in [0.3, 0.4) is 0 Å². The summed E-state index contributed by atoms with van der Waals surface area (Å²) >= 11 is 1.74. The van der Waals surface area contributed by atoms with Crippen molar-refractivity contribution in [1.29, 1.82) is 0 Å². The van der Waals surface area contributed by atoms with Gasteiger partial charge in [0, 0.05) is 36.7 Å². The van der Waals surface area contributed by atoms with Crippen molar-refractivity contribution >= 4 is 23.4 Å². The summed E-state index contributed by atoms with van der Waals surface area (Å²) in [5, 5.41) is 14.1. The zero-order chi connectivity index (χ0) is 14.5. The molecule has 0 aromatic heterocycles. The van der Waals surface area contributed by atoms with Crippen LogP contribution in [0.2, 0.25) is 0 Å². The Kier molecular flexibility index (Phi) is 4.97. The molecule has 7 heteroatoms. The number of hydrogen-bond acceptors (Lipinski definition) is 5. The van der Waals surface area contributed by atoms with Gasteiger partial charge in [0.15, 0.2) is 0 Å². The van der Waals surface area contributed by atoms with Gasteiger partial charge in [-0.25, -0.2) is 0 Å².